The highest BCUT2D eigenvalue weighted by Crippen LogP contribution is 2.33. The molecule has 0 aliphatic rings. The lowest BCUT2D eigenvalue weighted by atomic mass is 10.2. The molecule has 0 unspecified atom stereocenters. The second-order valence-electron chi connectivity index (χ2n) is 5.05. The average molecular weight is 404 g/mol. The van der Waals surface area contributed by atoms with Gasteiger partial charge >= 0.3 is 6.18 Å². The minimum absolute atomic E-state index is 0.0312. The molecule has 1 aromatic heterocycles. The molecule has 1 heterocycles. The predicted molar refractivity (Wildman–Crippen MR) is 94.4 cm³/mol. The van der Waals surface area contributed by atoms with Crippen LogP contribution in [0.15, 0.2) is 40.8 Å². The van der Waals surface area contributed by atoms with Crippen LogP contribution in [0.5, 0.6) is 0 Å². The molecule has 0 aliphatic carbocycles. The highest BCUT2D eigenvalue weighted by Gasteiger charge is 2.31. The summed E-state index contributed by atoms with van der Waals surface area (Å²) < 4.78 is 38.1. The zero-order valence-corrected chi connectivity index (χ0v) is 14.7. The Labute approximate surface area is 155 Å². The van der Waals surface area contributed by atoms with Gasteiger partial charge in [0, 0.05) is 17.7 Å². The monoisotopic (exact) mass is 403 g/mol. The van der Waals surface area contributed by atoms with Gasteiger partial charge in [-0.3, -0.25) is 9.59 Å². The number of carbonyl (C=O) groups is 2. The molecule has 10 heteroatoms. The van der Waals surface area contributed by atoms with Crippen LogP contribution in [0.4, 0.5) is 18.9 Å². The van der Waals surface area contributed by atoms with Gasteiger partial charge in [-0.25, -0.2) is 5.43 Å². The van der Waals surface area contributed by atoms with Crippen molar-refractivity contribution < 1.29 is 22.8 Å². The average Bonchev–Trinajstić information content (AvgIpc) is 3.07. The van der Waals surface area contributed by atoms with E-state index < -0.39 is 23.6 Å². The molecule has 0 atom stereocenters. The smallest absolute Gasteiger partial charge is 0.325 e. The standard InChI is InChI=1S/C16H13ClF3N3O2S/c17-12-4-3-10(16(18,19)20)8-13(12)22-14(24)5-6-15(25)23-21-9-11-2-1-7-26-11/h1-4,7-9H,5-6H2,(H,22,24)(H,23,25)/b21-9-. The number of hydrogen-bond acceptors (Lipinski definition) is 4. The van der Waals surface area contributed by atoms with Gasteiger partial charge in [-0.15, -0.1) is 11.3 Å². The number of nitrogens with one attached hydrogen (secondary N) is 2. The van der Waals surface area contributed by atoms with Crippen LogP contribution in [0.2, 0.25) is 5.02 Å². The molecule has 2 amide bonds. The minimum atomic E-state index is -4.55. The van der Waals surface area contributed by atoms with Crippen LogP contribution < -0.4 is 10.7 Å². The summed E-state index contributed by atoms with van der Waals surface area (Å²) in [5.41, 5.74) is 1.17. The van der Waals surface area contributed by atoms with Crippen LogP contribution in [0.25, 0.3) is 0 Å². The van der Waals surface area contributed by atoms with E-state index in [-0.39, 0.29) is 23.6 Å². The maximum atomic E-state index is 12.7. The Hall–Kier alpha value is -2.39. The molecular formula is C16H13ClF3N3O2S. The molecule has 0 spiro atoms. The summed E-state index contributed by atoms with van der Waals surface area (Å²) in [6.45, 7) is 0. The van der Waals surface area contributed by atoms with Crippen molar-refractivity contribution >= 4 is 46.7 Å². The Morgan fingerprint density at radius 3 is 2.58 bits per heavy atom. The summed E-state index contributed by atoms with van der Waals surface area (Å²) in [6, 6.07) is 6.25. The topological polar surface area (TPSA) is 70.6 Å². The van der Waals surface area contributed by atoms with Gasteiger partial charge in [0.1, 0.15) is 0 Å². The first-order valence-corrected chi connectivity index (χ1v) is 8.53. The molecule has 0 bridgehead atoms. The second kappa shape index (κ2) is 8.81. The van der Waals surface area contributed by atoms with Crippen molar-refractivity contribution in [3.8, 4) is 0 Å². The molecule has 138 valence electrons. The van der Waals surface area contributed by atoms with E-state index in [0.29, 0.717) is 0 Å². The largest absolute Gasteiger partial charge is 0.416 e. The number of thiophene rings is 1. The van der Waals surface area contributed by atoms with Crippen molar-refractivity contribution in [2.75, 3.05) is 5.32 Å². The van der Waals surface area contributed by atoms with Crippen molar-refractivity contribution in [3.63, 3.8) is 0 Å². The minimum Gasteiger partial charge on any atom is -0.325 e. The third-order valence-corrected chi connectivity index (χ3v) is 4.21. The summed E-state index contributed by atoms with van der Waals surface area (Å²) in [5.74, 6) is -1.13. The highest BCUT2D eigenvalue weighted by atomic mass is 35.5. The molecule has 0 saturated carbocycles. The SMILES string of the molecule is O=C(CCC(=O)Nc1cc(C(F)(F)F)ccc1Cl)N/N=C\c1cccs1. The van der Waals surface area contributed by atoms with Crippen molar-refractivity contribution in [1.82, 2.24) is 5.43 Å². The Morgan fingerprint density at radius 2 is 1.92 bits per heavy atom. The molecule has 1 aromatic carbocycles. The molecule has 2 N–H and O–H groups in total. The Balaban J connectivity index is 1.84. The molecule has 0 aliphatic heterocycles. The fraction of sp³-hybridized carbons (Fsp3) is 0.188. The second-order valence-corrected chi connectivity index (χ2v) is 6.44. The van der Waals surface area contributed by atoms with Gasteiger partial charge in [0.05, 0.1) is 22.5 Å². The number of hydrogen-bond donors (Lipinski definition) is 2. The van der Waals surface area contributed by atoms with E-state index in [4.69, 9.17) is 11.6 Å². The van der Waals surface area contributed by atoms with E-state index in [1.54, 1.807) is 0 Å². The zero-order valence-electron chi connectivity index (χ0n) is 13.1. The number of benzene rings is 1. The highest BCUT2D eigenvalue weighted by molar-refractivity contribution is 7.11. The van der Waals surface area contributed by atoms with Gasteiger partial charge in [-0.05, 0) is 29.6 Å². The van der Waals surface area contributed by atoms with Gasteiger partial charge in [-0.1, -0.05) is 17.7 Å². The molecule has 5 nitrogen and oxygen atoms in total. The Kier molecular flexibility index (Phi) is 6.76. The van der Waals surface area contributed by atoms with Crippen LogP contribution in [0.3, 0.4) is 0 Å². The van der Waals surface area contributed by atoms with Crippen LogP contribution in [-0.4, -0.2) is 18.0 Å². The quantitative estimate of drug-likeness (QED) is 0.558. The predicted octanol–water partition coefficient (Wildman–Crippen LogP) is 4.29. The number of amides is 2. The number of nitrogens with zero attached hydrogens (tertiary/aromatic N) is 1. The lowest BCUT2D eigenvalue weighted by Gasteiger charge is -2.11. The first kappa shape index (κ1) is 19.9. The molecule has 0 fully saturated rings. The van der Waals surface area contributed by atoms with Crippen molar-refractivity contribution in [3.05, 3.63) is 51.2 Å². The Morgan fingerprint density at radius 1 is 1.19 bits per heavy atom. The third kappa shape index (κ3) is 6.16. The van der Waals surface area contributed by atoms with Crippen LogP contribution >= 0.6 is 22.9 Å². The molecule has 0 radical (unpaired) electrons. The third-order valence-electron chi connectivity index (χ3n) is 3.07. The van der Waals surface area contributed by atoms with Crippen molar-refractivity contribution in [1.29, 1.82) is 0 Å². The summed E-state index contributed by atoms with van der Waals surface area (Å²) in [4.78, 5) is 24.3. The Bertz CT molecular complexity index is 808. The molecule has 0 saturated heterocycles. The van der Waals surface area contributed by atoms with Gasteiger partial charge < -0.3 is 5.32 Å². The maximum absolute atomic E-state index is 12.7. The normalized spacial score (nSPS) is 11.5. The fourth-order valence-corrected chi connectivity index (χ4v) is 2.58. The van der Waals surface area contributed by atoms with Crippen LogP contribution in [0.1, 0.15) is 23.3 Å². The van der Waals surface area contributed by atoms with Gasteiger partial charge in [0.15, 0.2) is 0 Å². The lowest BCUT2D eigenvalue weighted by Crippen LogP contribution is -2.20. The summed E-state index contributed by atoms with van der Waals surface area (Å²) in [5, 5.41) is 7.83. The van der Waals surface area contributed by atoms with E-state index in [9.17, 15) is 22.8 Å². The lowest BCUT2D eigenvalue weighted by molar-refractivity contribution is -0.137. The van der Waals surface area contributed by atoms with E-state index in [1.807, 2.05) is 17.5 Å². The maximum Gasteiger partial charge on any atom is 0.416 e. The van der Waals surface area contributed by atoms with E-state index in [2.05, 4.69) is 15.8 Å². The number of carbonyl (C=O) groups excluding carboxylic acids is 2. The number of hydrazone groups is 1. The van der Waals surface area contributed by atoms with E-state index >= 15 is 0 Å². The molecular weight excluding hydrogens is 391 g/mol. The number of anilines is 1. The van der Waals surface area contributed by atoms with Crippen molar-refractivity contribution in [2.24, 2.45) is 5.10 Å². The molecule has 2 rings (SSSR count). The van der Waals surface area contributed by atoms with Crippen LogP contribution in [-0.2, 0) is 15.8 Å². The van der Waals surface area contributed by atoms with Gasteiger partial charge in [0.25, 0.3) is 0 Å². The fourth-order valence-electron chi connectivity index (χ4n) is 1.83. The van der Waals surface area contributed by atoms with E-state index in [1.165, 1.54) is 17.6 Å². The zero-order chi connectivity index (χ0) is 19.2. The van der Waals surface area contributed by atoms with Gasteiger partial charge in [0.2, 0.25) is 11.8 Å². The first-order valence-electron chi connectivity index (χ1n) is 7.27. The summed E-state index contributed by atoms with van der Waals surface area (Å²) in [6.07, 6.45) is -3.49. The molecule has 26 heavy (non-hydrogen) atoms. The number of alkyl halides is 3. The van der Waals surface area contributed by atoms with Gasteiger partial charge in [-0.2, -0.15) is 18.3 Å². The molecule has 2 aromatic rings. The number of rotatable bonds is 6. The van der Waals surface area contributed by atoms with Crippen molar-refractivity contribution in [2.45, 2.75) is 19.0 Å². The number of halogens is 4. The van der Waals surface area contributed by atoms with E-state index in [0.717, 1.165) is 23.1 Å². The van der Waals surface area contributed by atoms with Crippen LogP contribution in [0, 0.1) is 0 Å². The summed E-state index contributed by atoms with van der Waals surface area (Å²) in [7, 11) is 0. The first-order chi connectivity index (χ1) is 12.3. The summed E-state index contributed by atoms with van der Waals surface area (Å²) >= 11 is 7.23.